The number of aliphatic hydroxyl groups is 5. The molecule has 0 bridgehead atoms. The summed E-state index contributed by atoms with van der Waals surface area (Å²) in [5.41, 5.74) is 0. The molecule has 0 amide bonds. The third kappa shape index (κ3) is 4.73. The van der Waals surface area contributed by atoms with Gasteiger partial charge in [0, 0.05) is 19.1 Å². The fourth-order valence-electron chi connectivity index (χ4n) is 1.15. The Kier molecular flexibility index (Phi) is 7.82. The van der Waals surface area contributed by atoms with Crippen LogP contribution < -0.4 is 0 Å². The summed E-state index contributed by atoms with van der Waals surface area (Å²) < 4.78 is 4.81. The lowest BCUT2D eigenvalue weighted by molar-refractivity contribution is -0.206. The topological polar surface area (TPSA) is 110 Å². The third-order valence-electron chi connectivity index (χ3n) is 2.36. The zero-order chi connectivity index (χ0) is 12.7. The summed E-state index contributed by atoms with van der Waals surface area (Å²) in [6.07, 6.45) is -5.37. The fourth-order valence-corrected chi connectivity index (χ4v) is 1.15. The third-order valence-corrected chi connectivity index (χ3v) is 2.36. The zero-order valence-corrected chi connectivity index (χ0v) is 9.65. The summed E-state index contributed by atoms with van der Waals surface area (Å²) in [6, 6.07) is 0. The van der Waals surface area contributed by atoms with Gasteiger partial charge in [0.05, 0.1) is 6.10 Å². The number of ether oxygens (including phenoxy) is 1. The first kappa shape index (κ1) is 15.8. The smallest absolute Gasteiger partial charge is 0.183 e. The molecule has 0 aliphatic heterocycles. The number of hydrogen-bond donors (Lipinski definition) is 5. The van der Waals surface area contributed by atoms with Crippen molar-refractivity contribution in [1.29, 1.82) is 0 Å². The van der Waals surface area contributed by atoms with Gasteiger partial charge in [-0.2, -0.15) is 0 Å². The molecule has 5 N–H and O–H groups in total. The highest BCUT2D eigenvalue weighted by atomic mass is 16.6. The zero-order valence-electron chi connectivity index (χ0n) is 9.65. The molecule has 5 atom stereocenters. The van der Waals surface area contributed by atoms with Gasteiger partial charge in [0.15, 0.2) is 6.29 Å². The Morgan fingerprint density at radius 1 is 1.00 bits per heavy atom. The van der Waals surface area contributed by atoms with Crippen LogP contribution >= 0.6 is 0 Å². The minimum Gasteiger partial charge on any atom is -0.396 e. The Morgan fingerprint density at radius 2 is 1.56 bits per heavy atom. The maximum absolute atomic E-state index is 9.51. The molecule has 0 aromatic carbocycles. The molecule has 0 aliphatic carbocycles. The van der Waals surface area contributed by atoms with Crippen LogP contribution in [0.5, 0.6) is 0 Å². The molecule has 98 valence electrons. The van der Waals surface area contributed by atoms with E-state index >= 15 is 0 Å². The minimum absolute atomic E-state index is 0.247. The van der Waals surface area contributed by atoms with Crippen molar-refractivity contribution in [3.05, 3.63) is 0 Å². The first-order valence-electron chi connectivity index (χ1n) is 5.40. The molecule has 0 fully saturated rings. The SMILES string of the molecule is CCCO[C@@H](O)[C@H](O)C(O)[C@H](O)C(C)CO. The molecule has 0 radical (unpaired) electrons. The van der Waals surface area contributed by atoms with Crippen LogP contribution in [0.3, 0.4) is 0 Å². The standard InChI is InChI=1S/C10H22O6/c1-3-4-16-10(15)9(14)8(13)7(12)6(2)5-11/h6-15H,3-5H2,1-2H3/t6?,7-,8?,9-,10-/m1/s1. The van der Waals surface area contributed by atoms with Crippen molar-refractivity contribution >= 4 is 0 Å². The van der Waals surface area contributed by atoms with Crippen LogP contribution in [0.2, 0.25) is 0 Å². The average Bonchev–Trinajstić information content (AvgIpc) is 2.31. The van der Waals surface area contributed by atoms with Gasteiger partial charge in [-0.05, 0) is 6.42 Å². The Hall–Kier alpha value is -0.240. The van der Waals surface area contributed by atoms with Crippen molar-refractivity contribution in [3.63, 3.8) is 0 Å². The second-order valence-electron chi connectivity index (χ2n) is 3.89. The van der Waals surface area contributed by atoms with Gasteiger partial charge in [-0.25, -0.2) is 0 Å². The van der Waals surface area contributed by atoms with E-state index in [4.69, 9.17) is 9.84 Å². The first-order chi connectivity index (χ1) is 7.45. The van der Waals surface area contributed by atoms with Crippen molar-refractivity contribution in [2.45, 2.75) is 44.9 Å². The van der Waals surface area contributed by atoms with Gasteiger partial charge < -0.3 is 30.3 Å². The molecule has 0 aliphatic rings. The lowest BCUT2D eigenvalue weighted by atomic mass is 9.97. The summed E-state index contributed by atoms with van der Waals surface area (Å²) in [6.45, 7) is 3.27. The molecule has 0 aromatic rings. The summed E-state index contributed by atoms with van der Waals surface area (Å²) in [7, 11) is 0. The van der Waals surface area contributed by atoms with Gasteiger partial charge in [-0.3, -0.25) is 0 Å². The molecule has 0 aromatic heterocycles. The molecular weight excluding hydrogens is 216 g/mol. The highest BCUT2D eigenvalue weighted by molar-refractivity contribution is 4.80. The van der Waals surface area contributed by atoms with Crippen LogP contribution in [0.4, 0.5) is 0 Å². The fraction of sp³-hybridized carbons (Fsp3) is 1.00. The predicted molar refractivity (Wildman–Crippen MR) is 56.5 cm³/mol. The van der Waals surface area contributed by atoms with E-state index < -0.39 is 30.5 Å². The molecule has 0 rings (SSSR count). The normalized spacial score (nSPS) is 21.2. The number of rotatable bonds is 8. The van der Waals surface area contributed by atoms with Gasteiger partial charge in [-0.15, -0.1) is 0 Å². The summed E-state index contributed by atoms with van der Waals surface area (Å²) in [5, 5.41) is 46.5. The van der Waals surface area contributed by atoms with Crippen molar-refractivity contribution in [1.82, 2.24) is 0 Å². The van der Waals surface area contributed by atoms with Gasteiger partial charge in [0.1, 0.15) is 12.2 Å². The van der Waals surface area contributed by atoms with Crippen molar-refractivity contribution in [3.8, 4) is 0 Å². The Morgan fingerprint density at radius 3 is 2.00 bits per heavy atom. The number of aliphatic hydroxyl groups excluding tert-OH is 5. The van der Waals surface area contributed by atoms with Crippen LogP contribution in [0, 0.1) is 5.92 Å². The minimum atomic E-state index is -1.60. The molecule has 0 saturated heterocycles. The molecule has 6 heteroatoms. The Balaban J connectivity index is 4.19. The van der Waals surface area contributed by atoms with Crippen LogP contribution in [-0.4, -0.2) is 63.3 Å². The molecule has 16 heavy (non-hydrogen) atoms. The Labute approximate surface area is 95.1 Å². The van der Waals surface area contributed by atoms with Crippen LogP contribution in [0.1, 0.15) is 20.3 Å². The highest BCUT2D eigenvalue weighted by Crippen LogP contribution is 2.13. The maximum Gasteiger partial charge on any atom is 0.183 e. The van der Waals surface area contributed by atoms with Crippen LogP contribution in [0.25, 0.3) is 0 Å². The molecule has 0 spiro atoms. The van der Waals surface area contributed by atoms with Gasteiger partial charge in [0.25, 0.3) is 0 Å². The summed E-state index contributed by atoms with van der Waals surface area (Å²) in [4.78, 5) is 0. The maximum atomic E-state index is 9.51. The lowest BCUT2D eigenvalue weighted by Gasteiger charge is -2.28. The molecule has 0 saturated carbocycles. The van der Waals surface area contributed by atoms with E-state index in [2.05, 4.69) is 0 Å². The molecule has 2 unspecified atom stereocenters. The van der Waals surface area contributed by atoms with E-state index in [1.54, 1.807) is 0 Å². The van der Waals surface area contributed by atoms with Crippen LogP contribution in [-0.2, 0) is 4.74 Å². The van der Waals surface area contributed by atoms with E-state index in [1.165, 1.54) is 6.92 Å². The Bertz CT molecular complexity index is 177. The van der Waals surface area contributed by atoms with Crippen molar-refractivity contribution < 1.29 is 30.3 Å². The van der Waals surface area contributed by atoms with Crippen molar-refractivity contribution in [2.75, 3.05) is 13.2 Å². The average molecular weight is 238 g/mol. The van der Waals surface area contributed by atoms with Crippen LogP contribution in [0.15, 0.2) is 0 Å². The largest absolute Gasteiger partial charge is 0.396 e. The monoisotopic (exact) mass is 238 g/mol. The van der Waals surface area contributed by atoms with E-state index in [-0.39, 0.29) is 13.2 Å². The highest BCUT2D eigenvalue weighted by Gasteiger charge is 2.33. The van der Waals surface area contributed by atoms with Gasteiger partial charge in [-0.1, -0.05) is 13.8 Å². The quantitative estimate of drug-likeness (QED) is 0.327. The molecular formula is C10H22O6. The van der Waals surface area contributed by atoms with E-state index in [9.17, 15) is 20.4 Å². The lowest BCUT2D eigenvalue weighted by Crippen LogP contribution is -2.48. The molecule has 6 nitrogen and oxygen atoms in total. The second kappa shape index (κ2) is 7.94. The van der Waals surface area contributed by atoms with Gasteiger partial charge >= 0.3 is 0 Å². The van der Waals surface area contributed by atoms with Crippen molar-refractivity contribution in [2.24, 2.45) is 5.92 Å². The van der Waals surface area contributed by atoms with E-state index in [0.29, 0.717) is 6.42 Å². The van der Waals surface area contributed by atoms with Gasteiger partial charge in [0.2, 0.25) is 0 Å². The van der Waals surface area contributed by atoms with E-state index in [0.717, 1.165) is 0 Å². The predicted octanol–water partition coefficient (Wildman–Crippen LogP) is -1.56. The second-order valence-corrected chi connectivity index (χ2v) is 3.89. The van der Waals surface area contributed by atoms with E-state index in [1.807, 2.05) is 6.92 Å². The first-order valence-corrected chi connectivity index (χ1v) is 5.40. The summed E-state index contributed by atoms with van der Waals surface area (Å²) in [5.74, 6) is -0.594. The molecule has 0 heterocycles. The number of hydrogen-bond acceptors (Lipinski definition) is 6. The summed E-state index contributed by atoms with van der Waals surface area (Å²) >= 11 is 0.